The fraction of sp³-hybridized carbons (Fsp3) is 0.455. The summed E-state index contributed by atoms with van der Waals surface area (Å²) in [5.74, 6) is 0. The number of aryl methyl sites for hydroxylation is 1. The molecule has 0 radical (unpaired) electrons. The van der Waals surface area contributed by atoms with Gasteiger partial charge < -0.3 is 15.5 Å². The van der Waals surface area contributed by atoms with Gasteiger partial charge in [-0.05, 0) is 19.9 Å². The third kappa shape index (κ3) is 2.92. The number of hydrogen-bond donors (Lipinski definition) is 3. The largest absolute Gasteiger partial charge is 0.394 e. The van der Waals surface area contributed by atoms with E-state index in [2.05, 4.69) is 5.32 Å². The SMILES string of the molecule is Cc1cccc(NC(C)(CO)CO)c1[N+](=O)[O-]. The van der Waals surface area contributed by atoms with Crippen molar-refractivity contribution in [3.05, 3.63) is 33.9 Å². The minimum atomic E-state index is -0.988. The van der Waals surface area contributed by atoms with Crippen molar-refractivity contribution in [2.75, 3.05) is 18.5 Å². The molecule has 0 bridgehead atoms. The van der Waals surface area contributed by atoms with Crippen molar-refractivity contribution < 1.29 is 15.1 Å². The molecule has 0 spiro atoms. The van der Waals surface area contributed by atoms with Crippen LogP contribution in [0.2, 0.25) is 0 Å². The number of rotatable bonds is 5. The number of benzene rings is 1. The Balaban J connectivity index is 3.15. The summed E-state index contributed by atoms with van der Waals surface area (Å²) in [4.78, 5) is 10.5. The molecule has 1 aromatic rings. The van der Waals surface area contributed by atoms with Gasteiger partial charge in [0, 0.05) is 5.56 Å². The van der Waals surface area contributed by atoms with Crippen molar-refractivity contribution in [2.45, 2.75) is 19.4 Å². The maximum Gasteiger partial charge on any atom is 0.295 e. The Bertz CT molecular complexity index is 416. The third-order valence-electron chi connectivity index (χ3n) is 2.55. The van der Waals surface area contributed by atoms with E-state index in [1.165, 1.54) is 0 Å². The predicted octanol–water partition coefficient (Wildman–Crippen LogP) is 1.06. The van der Waals surface area contributed by atoms with Crippen LogP contribution >= 0.6 is 0 Å². The lowest BCUT2D eigenvalue weighted by Gasteiger charge is -2.27. The van der Waals surface area contributed by atoms with Crippen molar-refractivity contribution in [1.82, 2.24) is 0 Å². The van der Waals surface area contributed by atoms with E-state index in [0.717, 1.165) is 0 Å². The van der Waals surface area contributed by atoms with Gasteiger partial charge in [-0.2, -0.15) is 0 Å². The molecule has 0 amide bonds. The first-order chi connectivity index (χ1) is 7.93. The van der Waals surface area contributed by atoms with E-state index < -0.39 is 10.5 Å². The summed E-state index contributed by atoms with van der Waals surface area (Å²) >= 11 is 0. The Kier molecular flexibility index (Phi) is 4.03. The molecule has 0 unspecified atom stereocenters. The minimum absolute atomic E-state index is 0.0411. The third-order valence-corrected chi connectivity index (χ3v) is 2.55. The first-order valence-electron chi connectivity index (χ1n) is 5.17. The molecule has 0 aliphatic heterocycles. The Morgan fingerprint density at radius 3 is 2.47 bits per heavy atom. The molecule has 6 heteroatoms. The van der Waals surface area contributed by atoms with E-state index in [9.17, 15) is 10.1 Å². The maximum absolute atomic E-state index is 10.9. The normalized spacial score (nSPS) is 11.3. The van der Waals surface area contributed by atoms with Crippen LogP contribution in [0.15, 0.2) is 18.2 Å². The lowest BCUT2D eigenvalue weighted by atomic mass is 10.0. The second-order valence-corrected chi connectivity index (χ2v) is 4.23. The maximum atomic E-state index is 10.9. The van der Waals surface area contributed by atoms with Crippen LogP contribution in [0.1, 0.15) is 12.5 Å². The average Bonchev–Trinajstić information content (AvgIpc) is 2.28. The summed E-state index contributed by atoms with van der Waals surface area (Å²) < 4.78 is 0. The standard InChI is InChI=1S/C11H16N2O4/c1-8-4-3-5-9(10(8)13(16)17)12-11(2,6-14)7-15/h3-5,12,14-15H,6-7H2,1-2H3. The van der Waals surface area contributed by atoms with Crippen molar-refractivity contribution in [2.24, 2.45) is 0 Å². The molecule has 0 aromatic heterocycles. The quantitative estimate of drug-likeness (QED) is 0.528. The Morgan fingerprint density at radius 1 is 1.41 bits per heavy atom. The number of anilines is 1. The number of hydrogen-bond acceptors (Lipinski definition) is 5. The smallest absolute Gasteiger partial charge is 0.295 e. The fourth-order valence-corrected chi connectivity index (χ4v) is 1.46. The predicted molar refractivity (Wildman–Crippen MR) is 64.0 cm³/mol. The van der Waals surface area contributed by atoms with E-state index in [0.29, 0.717) is 11.3 Å². The van der Waals surface area contributed by atoms with E-state index in [-0.39, 0.29) is 18.9 Å². The number of aliphatic hydroxyl groups is 2. The van der Waals surface area contributed by atoms with Gasteiger partial charge >= 0.3 is 0 Å². The van der Waals surface area contributed by atoms with Crippen LogP contribution in [-0.4, -0.2) is 33.9 Å². The number of nitro benzene ring substituents is 1. The van der Waals surface area contributed by atoms with Gasteiger partial charge in [-0.15, -0.1) is 0 Å². The molecule has 0 fully saturated rings. The summed E-state index contributed by atoms with van der Waals surface area (Å²) in [6, 6.07) is 4.87. The highest BCUT2D eigenvalue weighted by Gasteiger charge is 2.26. The second-order valence-electron chi connectivity index (χ2n) is 4.23. The number of nitrogens with zero attached hydrogens (tertiary/aromatic N) is 1. The van der Waals surface area contributed by atoms with Crippen LogP contribution in [0.5, 0.6) is 0 Å². The number of nitro groups is 1. The lowest BCUT2D eigenvalue weighted by Crippen LogP contribution is -2.42. The van der Waals surface area contributed by atoms with Crippen molar-refractivity contribution in [3.63, 3.8) is 0 Å². The van der Waals surface area contributed by atoms with Crippen LogP contribution in [0, 0.1) is 17.0 Å². The van der Waals surface area contributed by atoms with Crippen LogP contribution in [-0.2, 0) is 0 Å². The minimum Gasteiger partial charge on any atom is -0.394 e. The first-order valence-corrected chi connectivity index (χ1v) is 5.17. The topological polar surface area (TPSA) is 95.6 Å². The number of nitrogens with one attached hydrogen (secondary N) is 1. The van der Waals surface area contributed by atoms with Gasteiger partial charge in [-0.25, -0.2) is 0 Å². The van der Waals surface area contributed by atoms with E-state index in [4.69, 9.17) is 10.2 Å². The zero-order valence-electron chi connectivity index (χ0n) is 9.80. The molecular formula is C11H16N2O4. The highest BCUT2D eigenvalue weighted by molar-refractivity contribution is 5.66. The number of aliphatic hydroxyl groups excluding tert-OH is 2. The van der Waals surface area contributed by atoms with Crippen LogP contribution < -0.4 is 5.32 Å². The molecule has 0 aliphatic carbocycles. The highest BCUT2D eigenvalue weighted by Crippen LogP contribution is 2.29. The summed E-state index contributed by atoms with van der Waals surface area (Å²) in [7, 11) is 0. The molecule has 1 aromatic carbocycles. The van der Waals surface area contributed by atoms with Gasteiger partial charge in [0.25, 0.3) is 5.69 Å². The van der Waals surface area contributed by atoms with Gasteiger partial charge in [0.1, 0.15) is 5.69 Å². The zero-order valence-corrected chi connectivity index (χ0v) is 9.80. The summed E-state index contributed by atoms with van der Waals surface area (Å²) in [6.45, 7) is 2.57. The van der Waals surface area contributed by atoms with Gasteiger partial charge in [0.05, 0.1) is 23.7 Å². The summed E-state index contributed by atoms with van der Waals surface area (Å²) in [6.07, 6.45) is 0. The van der Waals surface area contributed by atoms with Crippen LogP contribution in [0.4, 0.5) is 11.4 Å². The second kappa shape index (κ2) is 5.11. The Labute approximate surface area is 99.0 Å². The van der Waals surface area contributed by atoms with Gasteiger partial charge in [0.2, 0.25) is 0 Å². The van der Waals surface area contributed by atoms with Crippen molar-refractivity contribution >= 4 is 11.4 Å². The molecule has 0 aliphatic rings. The van der Waals surface area contributed by atoms with E-state index >= 15 is 0 Å². The van der Waals surface area contributed by atoms with Gasteiger partial charge in [-0.3, -0.25) is 10.1 Å². The van der Waals surface area contributed by atoms with Gasteiger partial charge in [0.15, 0.2) is 0 Å². The lowest BCUT2D eigenvalue weighted by molar-refractivity contribution is -0.384. The Hall–Kier alpha value is -1.66. The molecule has 0 heterocycles. The van der Waals surface area contributed by atoms with Gasteiger partial charge in [-0.1, -0.05) is 12.1 Å². The molecule has 1 rings (SSSR count). The Morgan fingerprint density at radius 2 is 2.00 bits per heavy atom. The van der Waals surface area contributed by atoms with Crippen LogP contribution in [0.3, 0.4) is 0 Å². The molecular weight excluding hydrogens is 224 g/mol. The van der Waals surface area contributed by atoms with E-state index in [1.807, 2.05) is 0 Å². The zero-order chi connectivity index (χ0) is 13.1. The molecule has 0 saturated heterocycles. The summed E-state index contributed by atoms with van der Waals surface area (Å²) in [5.41, 5.74) is -0.210. The number of para-hydroxylation sites is 1. The molecule has 0 atom stereocenters. The molecule has 94 valence electrons. The summed E-state index contributed by atoms with van der Waals surface area (Å²) in [5, 5.41) is 32.1. The average molecular weight is 240 g/mol. The molecule has 0 saturated carbocycles. The van der Waals surface area contributed by atoms with Crippen molar-refractivity contribution in [3.8, 4) is 0 Å². The highest BCUT2D eigenvalue weighted by atomic mass is 16.6. The molecule has 17 heavy (non-hydrogen) atoms. The van der Waals surface area contributed by atoms with E-state index in [1.54, 1.807) is 32.0 Å². The monoisotopic (exact) mass is 240 g/mol. The molecule has 6 nitrogen and oxygen atoms in total. The fourth-order valence-electron chi connectivity index (χ4n) is 1.46. The van der Waals surface area contributed by atoms with Crippen molar-refractivity contribution in [1.29, 1.82) is 0 Å². The molecule has 3 N–H and O–H groups in total. The van der Waals surface area contributed by atoms with Crippen LogP contribution in [0.25, 0.3) is 0 Å². The first kappa shape index (κ1) is 13.4.